The Labute approximate surface area is 189 Å². The molecule has 0 saturated carbocycles. The molecule has 2 N–H and O–H groups in total. The first-order valence-corrected chi connectivity index (χ1v) is 9.82. The molecule has 0 atom stereocenters. The number of nitrogens with zero attached hydrogens (tertiary/aromatic N) is 1. The molecule has 27 heavy (non-hydrogen) atoms. The number of rotatable bonds is 8. The maximum absolute atomic E-state index is 5.39. The molecule has 1 aromatic carbocycles. The summed E-state index contributed by atoms with van der Waals surface area (Å²) in [6.45, 7) is 4.03. The number of hydrogen-bond donors (Lipinski definition) is 2. The fourth-order valence-corrected chi connectivity index (χ4v) is 3.75. The second kappa shape index (κ2) is 12.3. The molecule has 9 heteroatoms. The fraction of sp³-hybridized carbons (Fsp3) is 0.389. The topological polar surface area (TPSA) is 64.1 Å². The molecule has 6 nitrogen and oxygen atoms in total. The molecule has 0 fully saturated rings. The lowest BCUT2D eigenvalue weighted by Crippen LogP contribution is -2.36. The van der Waals surface area contributed by atoms with Gasteiger partial charge in [0.25, 0.3) is 0 Å². The Bertz CT molecular complexity index is 730. The van der Waals surface area contributed by atoms with E-state index >= 15 is 0 Å². The predicted molar refractivity (Wildman–Crippen MR) is 125 cm³/mol. The summed E-state index contributed by atoms with van der Waals surface area (Å²) in [5.41, 5.74) is 0.968. The molecule has 0 amide bonds. The van der Waals surface area contributed by atoms with Gasteiger partial charge in [0, 0.05) is 21.3 Å². The lowest BCUT2D eigenvalue weighted by Gasteiger charge is -2.14. The molecule has 2 rings (SSSR count). The summed E-state index contributed by atoms with van der Waals surface area (Å²) in [7, 11) is 4.80. The summed E-state index contributed by atoms with van der Waals surface area (Å²) in [5.74, 6) is 2.58. The van der Waals surface area contributed by atoms with E-state index in [0.717, 1.165) is 29.1 Å². The van der Waals surface area contributed by atoms with E-state index in [1.165, 1.54) is 4.88 Å². The van der Waals surface area contributed by atoms with Crippen molar-refractivity contribution in [2.75, 3.05) is 27.9 Å². The number of methoxy groups -OCH3 is 3. The number of ether oxygens (including phenoxy) is 3. The van der Waals surface area contributed by atoms with E-state index in [4.69, 9.17) is 14.2 Å². The third-order valence-electron chi connectivity index (χ3n) is 3.54. The third-order valence-corrected chi connectivity index (χ3v) is 5.24. The van der Waals surface area contributed by atoms with E-state index in [1.54, 1.807) is 32.7 Å². The van der Waals surface area contributed by atoms with Crippen LogP contribution in [0.2, 0.25) is 0 Å². The van der Waals surface area contributed by atoms with Crippen LogP contribution in [0, 0.1) is 0 Å². The van der Waals surface area contributed by atoms with Crippen molar-refractivity contribution in [2.24, 2.45) is 4.99 Å². The van der Waals surface area contributed by atoms with Gasteiger partial charge in [0.15, 0.2) is 17.5 Å². The van der Waals surface area contributed by atoms with Crippen LogP contribution in [-0.2, 0) is 13.1 Å². The van der Waals surface area contributed by atoms with Gasteiger partial charge in [0.2, 0.25) is 5.75 Å². The standard InChI is InChI=1S/C18H24BrN3O3S.HI/c1-5-20-18(22-10-14-8-13(19)11-26-14)21-9-12-6-15(23-2)17(25-4)16(7-12)24-3;/h6-8,11H,5,9-10H2,1-4H3,(H2,20,21,22);1H. The molecule has 0 spiro atoms. The monoisotopic (exact) mass is 569 g/mol. The fourth-order valence-electron chi connectivity index (χ4n) is 2.36. The normalized spacial score (nSPS) is 10.8. The summed E-state index contributed by atoms with van der Waals surface area (Å²) >= 11 is 5.17. The van der Waals surface area contributed by atoms with Gasteiger partial charge in [-0.2, -0.15) is 0 Å². The third kappa shape index (κ3) is 7.04. The highest BCUT2D eigenvalue weighted by Gasteiger charge is 2.13. The maximum atomic E-state index is 5.39. The van der Waals surface area contributed by atoms with Gasteiger partial charge < -0.3 is 24.8 Å². The number of aliphatic imine (C=N–C) groups is 1. The van der Waals surface area contributed by atoms with Crippen molar-refractivity contribution in [3.8, 4) is 17.2 Å². The van der Waals surface area contributed by atoms with Gasteiger partial charge in [-0.1, -0.05) is 0 Å². The second-order valence-electron chi connectivity index (χ2n) is 5.31. The Morgan fingerprint density at radius 1 is 1.07 bits per heavy atom. The summed E-state index contributed by atoms with van der Waals surface area (Å²) in [6, 6.07) is 5.91. The van der Waals surface area contributed by atoms with Crippen molar-refractivity contribution < 1.29 is 14.2 Å². The molecular formula is C18H25BrIN3O3S. The number of guanidine groups is 1. The van der Waals surface area contributed by atoms with Crippen LogP contribution in [-0.4, -0.2) is 33.8 Å². The molecule has 0 unspecified atom stereocenters. The number of thiophene rings is 1. The van der Waals surface area contributed by atoms with Crippen LogP contribution < -0.4 is 24.8 Å². The molecule has 1 heterocycles. The van der Waals surface area contributed by atoms with Gasteiger partial charge in [-0.15, -0.1) is 35.3 Å². The van der Waals surface area contributed by atoms with Gasteiger partial charge in [0.05, 0.1) is 34.4 Å². The average molecular weight is 570 g/mol. The van der Waals surface area contributed by atoms with Crippen LogP contribution in [0.25, 0.3) is 0 Å². The van der Waals surface area contributed by atoms with Crippen molar-refractivity contribution >= 4 is 57.2 Å². The minimum Gasteiger partial charge on any atom is -0.493 e. The summed E-state index contributed by atoms with van der Waals surface area (Å²) in [6.07, 6.45) is 0. The Kier molecular flexibility index (Phi) is 10.9. The quantitative estimate of drug-likeness (QED) is 0.280. The van der Waals surface area contributed by atoms with Gasteiger partial charge in [-0.3, -0.25) is 0 Å². The molecule has 0 aliphatic carbocycles. The molecule has 0 aliphatic heterocycles. The van der Waals surface area contributed by atoms with Crippen LogP contribution in [0.3, 0.4) is 0 Å². The molecule has 0 saturated heterocycles. The van der Waals surface area contributed by atoms with E-state index in [-0.39, 0.29) is 24.0 Å². The van der Waals surface area contributed by atoms with Crippen LogP contribution >= 0.6 is 51.2 Å². The maximum Gasteiger partial charge on any atom is 0.203 e. The van der Waals surface area contributed by atoms with Crippen LogP contribution in [0.4, 0.5) is 0 Å². The highest BCUT2D eigenvalue weighted by atomic mass is 127. The molecule has 150 valence electrons. The molecular weight excluding hydrogens is 545 g/mol. The number of halogens is 2. The zero-order chi connectivity index (χ0) is 18.9. The highest BCUT2D eigenvalue weighted by Crippen LogP contribution is 2.38. The van der Waals surface area contributed by atoms with Gasteiger partial charge >= 0.3 is 0 Å². The lowest BCUT2D eigenvalue weighted by atomic mass is 10.2. The Hall–Kier alpha value is -1.20. The van der Waals surface area contributed by atoms with E-state index in [1.807, 2.05) is 19.1 Å². The second-order valence-corrected chi connectivity index (χ2v) is 7.23. The first-order chi connectivity index (χ1) is 12.6. The molecule has 1 aromatic heterocycles. The zero-order valence-corrected chi connectivity index (χ0v) is 20.5. The Morgan fingerprint density at radius 3 is 2.22 bits per heavy atom. The Morgan fingerprint density at radius 2 is 1.74 bits per heavy atom. The van der Waals surface area contributed by atoms with Gasteiger partial charge in [-0.25, -0.2) is 4.99 Å². The van der Waals surface area contributed by atoms with Gasteiger partial charge in [0.1, 0.15) is 0 Å². The number of benzene rings is 1. The van der Waals surface area contributed by atoms with Crippen LogP contribution in [0.15, 0.2) is 33.0 Å². The first-order valence-electron chi connectivity index (χ1n) is 8.15. The zero-order valence-electron chi connectivity index (χ0n) is 15.8. The van der Waals surface area contributed by atoms with Crippen molar-refractivity contribution in [3.63, 3.8) is 0 Å². The van der Waals surface area contributed by atoms with Crippen molar-refractivity contribution in [1.82, 2.24) is 10.6 Å². The van der Waals surface area contributed by atoms with Crippen molar-refractivity contribution in [1.29, 1.82) is 0 Å². The molecule has 0 bridgehead atoms. The first kappa shape index (κ1) is 23.8. The van der Waals surface area contributed by atoms with Crippen molar-refractivity contribution in [3.05, 3.63) is 38.5 Å². The summed E-state index contributed by atoms with van der Waals surface area (Å²) in [5, 5.41) is 8.66. The van der Waals surface area contributed by atoms with E-state index < -0.39 is 0 Å². The Balaban J connectivity index is 0.00000364. The predicted octanol–water partition coefficient (Wildman–Crippen LogP) is 4.41. The van der Waals surface area contributed by atoms with E-state index in [0.29, 0.717) is 23.8 Å². The summed E-state index contributed by atoms with van der Waals surface area (Å²) < 4.78 is 17.2. The van der Waals surface area contributed by atoms with Crippen LogP contribution in [0.5, 0.6) is 17.2 Å². The largest absolute Gasteiger partial charge is 0.493 e. The van der Waals surface area contributed by atoms with Crippen LogP contribution in [0.1, 0.15) is 17.4 Å². The average Bonchev–Trinajstić information content (AvgIpc) is 3.08. The minimum atomic E-state index is 0. The smallest absolute Gasteiger partial charge is 0.203 e. The summed E-state index contributed by atoms with van der Waals surface area (Å²) in [4.78, 5) is 5.88. The van der Waals surface area contributed by atoms with Crippen molar-refractivity contribution in [2.45, 2.75) is 20.0 Å². The SMILES string of the molecule is CCNC(=NCc1cc(OC)c(OC)c(OC)c1)NCc1cc(Br)cs1.I. The minimum absolute atomic E-state index is 0. The van der Waals surface area contributed by atoms with Gasteiger partial charge in [-0.05, 0) is 46.6 Å². The molecule has 0 radical (unpaired) electrons. The molecule has 0 aliphatic rings. The highest BCUT2D eigenvalue weighted by molar-refractivity contribution is 14.0. The number of hydrogen-bond acceptors (Lipinski definition) is 5. The van der Waals surface area contributed by atoms with E-state index in [9.17, 15) is 0 Å². The van der Waals surface area contributed by atoms with E-state index in [2.05, 4.69) is 43.0 Å². The number of nitrogens with one attached hydrogen (secondary N) is 2. The lowest BCUT2D eigenvalue weighted by molar-refractivity contribution is 0.324. The molecule has 2 aromatic rings.